The third kappa shape index (κ3) is 5.86. The van der Waals surface area contributed by atoms with Crippen LogP contribution in [0, 0.1) is 5.92 Å². The van der Waals surface area contributed by atoms with Gasteiger partial charge in [0, 0.05) is 30.1 Å². The summed E-state index contributed by atoms with van der Waals surface area (Å²) >= 11 is 0. The van der Waals surface area contributed by atoms with Crippen molar-refractivity contribution in [2.24, 2.45) is 5.92 Å². The molecule has 9 nitrogen and oxygen atoms in total. The molecule has 0 saturated carbocycles. The van der Waals surface area contributed by atoms with E-state index in [1.807, 2.05) is 88.7 Å². The maximum Gasteiger partial charge on any atom is 0.264 e. The largest absolute Gasteiger partial charge is 0.497 e. The highest BCUT2D eigenvalue weighted by Crippen LogP contribution is 2.60. The normalized spacial score (nSPS) is 25.0. The number of carbonyl (C=O) groups excluding carboxylic acids is 3. The molecule has 280 valence electrons. The van der Waals surface area contributed by atoms with E-state index in [1.165, 1.54) is 5.19 Å². The Morgan fingerprint density at radius 3 is 2.35 bits per heavy atom. The number of ether oxygens (including phenoxy) is 2. The molecule has 0 bridgehead atoms. The predicted octanol–water partition coefficient (Wildman–Crippen LogP) is 6.44. The minimum Gasteiger partial charge on any atom is -0.497 e. The molecular formula is C44H49N3O6Si. The fourth-order valence-electron chi connectivity index (χ4n) is 9.91. The summed E-state index contributed by atoms with van der Waals surface area (Å²) in [6.45, 7) is 7.67. The zero-order valence-electron chi connectivity index (χ0n) is 31.5. The van der Waals surface area contributed by atoms with Gasteiger partial charge in [-0.05, 0) is 72.3 Å². The molecule has 54 heavy (non-hydrogen) atoms. The Labute approximate surface area is 318 Å². The Morgan fingerprint density at radius 1 is 0.926 bits per heavy atom. The Hall–Kier alpha value is -4.77. The van der Waals surface area contributed by atoms with E-state index < -0.39 is 19.8 Å². The van der Waals surface area contributed by atoms with E-state index in [0.29, 0.717) is 19.5 Å². The highest BCUT2D eigenvalue weighted by Gasteiger charge is 2.66. The third-order valence-corrected chi connectivity index (χ3v) is 17.0. The van der Waals surface area contributed by atoms with Gasteiger partial charge >= 0.3 is 0 Å². The number of fused-ring (bicyclic) bond motifs is 3. The molecule has 4 aliphatic rings. The topological polar surface area (TPSA) is 99.6 Å². The van der Waals surface area contributed by atoms with Gasteiger partial charge in [0.05, 0.1) is 58.3 Å². The Bertz CT molecular complexity index is 2070. The molecule has 0 aliphatic carbocycles. The summed E-state index contributed by atoms with van der Waals surface area (Å²) in [5.74, 6) is 0.463. The quantitative estimate of drug-likeness (QED) is 0.198. The number of rotatable bonds is 9. The van der Waals surface area contributed by atoms with Crippen LogP contribution in [0.3, 0.4) is 0 Å². The first-order chi connectivity index (χ1) is 26.1. The van der Waals surface area contributed by atoms with Gasteiger partial charge in [-0.2, -0.15) is 0 Å². The number of aliphatic hydroxyl groups is 1. The molecular weight excluding hydrogens is 695 g/mol. The van der Waals surface area contributed by atoms with Gasteiger partial charge in [0.15, 0.2) is 5.60 Å². The highest BCUT2D eigenvalue weighted by atomic mass is 28.3. The lowest BCUT2D eigenvalue weighted by Gasteiger charge is -2.37. The van der Waals surface area contributed by atoms with Crippen molar-refractivity contribution in [2.75, 3.05) is 30.1 Å². The van der Waals surface area contributed by atoms with Gasteiger partial charge in [-0.25, -0.2) is 0 Å². The maximum absolute atomic E-state index is 15.2. The van der Waals surface area contributed by atoms with Crippen LogP contribution in [0.2, 0.25) is 18.6 Å². The first-order valence-corrected chi connectivity index (χ1v) is 22.3. The van der Waals surface area contributed by atoms with Gasteiger partial charge in [-0.3, -0.25) is 19.3 Å². The monoisotopic (exact) mass is 743 g/mol. The number of amides is 3. The summed E-state index contributed by atoms with van der Waals surface area (Å²) in [7, 11) is -0.779. The second kappa shape index (κ2) is 14.1. The fraction of sp³-hybridized carbons (Fsp3) is 0.386. The second-order valence-electron chi connectivity index (χ2n) is 15.9. The number of likely N-dealkylation sites (tertiary alicyclic amines) is 1. The lowest BCUT2D eigenvalue weighted by molar-refractivity contribution is -0.150. The average molecular weight is 744 g/mol. The number of carbonyl (C=O) groups is 3. The number of methoxy groups -OCH3 is 1. The lowest BCUT2D eigenvalue weighted by Crippen LogP contribution is -2.52. The van der Waals surface area contributed by atoms with Crippen LogP contribution in [0.1, 0.15) is 49.3 Å². The van der Waals surface area contributed by atoms with Crippen molar-refractivity contribution >= 4 is 48.0 Å². The number of benzene rings is 4. The minimum absolute atomic E-state index is 0.0316. The van der Waals surface area contributed by atoms with E-state index >= 15 is 4.79 Å². The van der Waals surface area contributed by atoms with Gasteiger partial charge in [0.1, 0.15) is 5.75 Å². The summed E-state index contributed by atoms with van der Waals surface area (Å²) in [6, 6.07) is 31.9. The van der Waals surface area contributed by atoms with Gasteiger partial charge in [0.25, 0.3) is 5.91 Å². The summed E-state index contributed by atoms with van der Waals surface area (Å²) in [6.07, 6.45) is 2.49. The molecule has 4 aliphatic heterocycles. The number of nitrogens with zero attached hydrogens (tertiary/aromatic N) is 3. The molecule has 0 aromatic heterocycles. The minimum atomic E-state index is -2.44. The number of para-hydroxylation sites is 2. The maximum atomic E-state index is 15.2. The Balaban J connectivity index is 1.13. The van der Waals surface area contributed by atoms with Gasteiger partial charge in [0.2, 0.25) is 11.8 Å². The first-order valence-electron chi connectivity index (χ1n) is 19.2. The van der Waals surface area contributed by atoms with Crippen molar-refractivity contribution in [1.29, 1.82) is 0 Å². The van der Waals surface area contributed by atoms with E-state index in [-0.39, 0.29) is 48.3 Å². The average Bonchev–Trinajstić information content (AvgIpc) is 3.86. The summed E-state index contributed by atoms with van der Waals surface area (Å²) in [4.78, 5) is 47.8. The number of anilines is 3. The SMILES string of the molecule is COc1ccc([Si](C)(C)[C@H]2[C@H](CC(=O)N3CCC[C@H]3CO)O[C@@]3(C(=O)N(Cc4ccc(N5C(=O)CCc6ccccc65)cc4)c4ccccc43)[C@@H]2C)cc1. The fourth-order valence-corrected chi connectivity index (χ4v) is 13.9. The smallest absolute Gasteiger partial charge is 0.264 e. The molecule has 0 unspecified atom stereocenters. The summed E-state index contributed by atoms with van der Waals surface area (Å²) in [5.41, 5.74) is 4.11. The summed E-state index contributed by atoms with van der Waals surface area (Å²) < 4.78 is 12.7. The molecule has 4 heterocycles. The van der Waals surface area contributed by atoms with Crippen LogP contribution < -0.4 is 19.7 Å². The number of aryl methyl sites for hydroxylation is 1. The third-order valence-electron chi connectivity index (χ3n) is 12.7. The highest BCUT2D eigenvalue weighted by molar-refractivity contribution is 6.91. The molecule has 10 heteroatoms. The van der Waals surface area contributed by atoms with Gasteiger partial charge in [-0.1, -0.05) is 85.9 Å². The van der Waals surface area contributed by atoms with Crippen molar-refractivity contribution in [1.82, 2.24) is 4.90 Å². The van der Waals surface area contributed by atoms with E-state index in [0.717, 1.165) is 58.8 Å². The molecule has 4 aromatic rings. The molecule has 3 amide bonds. The van der Waals surface area contributed by atoms with Crippen molar-refractivity contribution < 1.29 is 29.0 Å². The molecule has 1 N–H and O–H groups in total. The van der Waals surface area contributed by atoms with Crippen LogP contribution in [-0.2, 0) is 37.7 Å². The predicted molar refractivity (Wildman–Crippen MR) is 212 cm³/mol. The first kappa shape index (κ1) is 36.2. The number of aliphatic hydroxyl groups excluding tert-OH is 1. The van der Waals surface area contributed by atoms with Crippen LogP contribution in [0.25, 0.3) is 0 Å². The zero-order valence-corrected chi connectivity index (χ0v) is 32.5. The molecule has 4 aromatic carbocycles. The Kier molecular flexibility index (Phi) is 9.48. The summed E-state index contributed by atoms with van der Waals surface area (Å²) in [5, 5.41) is 11.3. The lowest BCUT2D eigenvalue weighted by atomic mass is 9.82. The van der Waals surface area contributed by atoms with Crippen molar-refractivity contribution in [3.05, 3.63) is 114 Å². The van der Waals surface area contributed by atoms with Crippen molar-refractivity contribution in [2.45, 2.75) is 82.0 Å². The number of hydrogen-bond acceptors (Lipinski definition) is 6. The van der Waals surface area contributed by atoms with Crippen LogP contribution in [0.5, 0.6) is 5.75 Å². The van der Waals surface area contributed by atoms with Crippen LogP contribution in [-0.4, -0.2) is 68.2 Å². The van der Waals surface area contributed by atoms with Crippen molar-refractivity contribution in [3.8, 4) is 5.75 Å². The van der Waals surface area contributed by atoms with Crippen LogP contribution in [0.4, 0.5) is 17.1 Å². The Morgan fingerprint density at radius 2 is 1.63 bits per heavy atom. The van der Waals surface area contributed by atoms with E-state index in [4.69, 9.17) is 9.47 Å². The molecule has 0 radical (unpaired) electrons. The van der Waals surface area contributed by atoms with Gasteiger partial charge < -0.3 is 24.4 Å². The zero-order chi connectivity index (χ0) is 37.8. The number of hydrogen-bond donors (Lipinski definition) is 1. The van der Waals surface area contributed by atoms with E-state index in [9.17, 15) is 14.7 Å². The molecule has 2 saturated heterocycles. The molecule has 2 fully saturated rings. The van der Waals surface area contributed by atoms with Crippen molar-refractivity contribution in [3.63, 3.8) is 0 Å². The van der Waals surface area contributed by atoms with Gasteiger partial charge in [-0.15, -0.1) is 0 Å². The molecule has 8 rings (SSSR count). The van der Waals surface area contributed by atoms with E-state index in [2.05, 4.69) is 38.2 Å². The van der Waals surface area contributed by atoms with E-state index in [1.54, 1.807) is 12.0 Å². The molecule has 5 atom stereocenters. The standard InChI is InChI=1S/C44H49N3O6Si/c1-29-42(54(3,4)35-22-20-34(52-2)21-23-35)39(26-41(50)45-25-9-11-33(45)28-48)53-44(29)36-12-6-8-14-38(36)46(43(44)51)27-30-15-18-32(19-16-30)47-37-13-7-5-10-31(37)17-24-40(47)49/h5-8,10,12-16,18-23,29,33,39,42,48H,9,11,17,24-28H2,1-4H3/t29-,33+,39+,42-,44+/m1/s1. The second-order valence-corrected chi connectivity index (χ2v) is 20.5. The molecule has 1 spiro atoms. The van der Waals surface area contributed by atoms with Crippen LogP contribution in [0.15, 0.2) is 97.1 Å². The van der Waals surface area contributed by atoms with Crippen LogP contribution >= 0.6 is 0 Å².